The van der Waals surface area contributed by atoms with Crippen LogP contribution in [0.15, 0.2) is 60.7 Å². The Morgan fingerprint density at radius 1 is 0.773 bits per heavy atom. The number of rotatable bonds is 1. The standard InChI is InChI=1S/C22H18/c1-2-16-18-9-5-6-10-19(18)20-12-11-15-13-14-7-3-4-8-17(14)21(15)22(16)20/h3-12,16H,2,13H2,1H3. The smallest absolute Gasteiger partial charge is 0.0105 e. The second kappa shape index (κ2) is 4.33. The van der Waals surface area contributed by atoms with Crippen molar-refractivity contribution < 1.29 is 0 Å². The topological polar surface area (TPSA) is 0 Å². The Morgan fingerprint density at radius 3 is 2.41 bits per heavy atom. The minimum Gasteiger partial charge on any atom is -0.0645 e. The maximum absolute atomic E-state index is 2.36. The number of hydrogen-bond donors (Lipinski definition) is 0. The van der Waals surface area contributed by atoms with E-state index in [2.05, 4.69) is 67.6 Å². The highest BCUT2D eigenvalue weighted by molar-refractivity contribution is 5.91. The molecular weight excluding hydrogens is 264 g/mol. The predicted octanol–water partition coefficient (Wildman–Crippen LogP) is 5.78. The Bertz CT molecular complexity index is 902. The fourth-order valence-corrected chi connectivity index (χ4v) is 4.48. The van der Waals surface area contributed by atoms with Gasteiger partial charge in [0.15, 0.2) is 0 Å². The lowest BCUT2D eigenvalue weighted by Gasteiger charge is -2.15. The molecule has 0 aromatic heterocycles. The Hall–Kier alpha value is -2.34. The van der Waals surface area contributed by atoms with Crippen LogP contribution in [0.5, 0.6) is 0 Å². The van der Waals surface area contributed by atoms with Crippen molar-refractivity contribution in [3.63, 3.8) is 0 Å². The van der Waals surface area contributed by atoms with Gasteiger partial charge in [0, 0.05) is 5.92 Å². The Balaban J connectivity index is 1.86. The molecule has 106 valence electrons. The second-order valence-corrected chi connectivity index (χ2v) is 6.44. The summed E-state index contributed by atoms with van der Waals surface area (Å²) >= 11 is 0. The van der Waals surface area contributed by atoms with Crippen molar-refractivity contribution in [3.05, 3.63) is 82.9 Å². The minimum atomic E-state index is 0.548. The fraction of sp³-hybridized carbons (Fsp3) is 0.182. The molecule has 0 amide bonds. The van der Waals surface area contributed by atoms with Crippen LogP contribution in [0.4, 0.5) is 0 Å². The first-order chi connectivity index (χ1) is 10.9. The quantitative estimate of drug-likeness (QED) is 0.415. The summed E-state index contributed by atoms with van der Waals surface area (Å²) in [4.78, 5) is 0. The van der Waals surface area contributed by atoms with Crippen LogP contribution in [-0.2, 0) is 6.42 Å². The molecule has 1 atom stereocenters. The average Bonchev–Trinajstić information content (AvgIpc) is 3.09. The molecule has 0 bridgehead atoms. The zero-order valence-electron chi connectivity index (χ0n) is 12.8. The van der Waals surface area contributed by atoms with E-state index in [1.807, 2.05) is 0 Å². The first-order valence-corrected chi connectivity index (χ1v) is 8.22. The molecule has 5 rings (SSSR count). The van der Waals surface area contributed by atoms with E-state index in [1.54, 1.807) is 5.56 Å². The first kappa shape index (κ1) is 12.2. The normalized spacial score (nSPS) is 16.9. The molecular formula is C22H18. The van der Waals surface area contributed by atoms with Gasteiger partial charge in [-0.3, -0.25) is 0 Å². The van der Waals surface area contributed by atoms with Gasteiger partial charge in [0.1, 0.15) is 0 Å². The first-order valence-electron chi connectivity index (χ1n) is 8.22. The molecule has 0 saturated carbocycles. The van der Waals surface area contributed by atoms with Crippen molar-refractivity contribution in [2.45, 2.75) is 25.7 Å². The van der Waals surface area contributed by atoms with Crippen molar-refractivity contribution in [3.8, 4) is 22.3 Å². The highest BCUT2D eigenvalue weighted by Gasteiger charge is 2.33. The summed E-state index contributed by atoms with van der Waals surface area (Å²) in [6.07, 6.45) is 2.26. The maximum atomic E-state index is 2.36. The summed E-state index contributed by atoms with van der Waals surface area (Å²) in [5, 5.41) is 0. The molecule has 0 aliphatic heterocycles. The Kier molecular flexibility index (Phi) is 2.41. The third-order valence-electron chi connectivity index (χ3n) is 5.38. The van der Waals surface area contributed by atoms with E-state index >= 15 is 0 Å². The molecule has 0 radical (unpaired) electrons. The largest absolute Gasteiger partial charge is 0.0645 e. The van der Waals surface area contributed by atoms with Crippen LogP contribution in [0, 0.1) is 0 Å². The molecule has 0 fully saturated rings. The van der Waals surface area contributed by atoms with Crippen molar-refractivity contribution in [2.24, 2.45) is 0 Å². The van der Waals surface area contributed by atoms with E-state index in [0.717, 1.165) is 6.42 Å². The molecule has 0 saturated heterocycles. The Morgan fingerprint density at radius 2 is 1.55 bits per heavy atom. The van der Waals surface area contributed by atoms with Crippen molar-refractivity contribution in [2.75, 3.05) is 0 Å². The summed E-state index contributed by atoms with van der Waals surface area (Å²) < 4.78 is 0. The van der Waals surface area contributed by atoms with Gasteiger partial charge >= 0.3 is 0 Å². The highest BCUT2D eigenvalue weighted by Crippen LogP contribution is 2.53. The summed E-state index contributed by atoms with van der Waals surface area (Å²) in [6.45, 7) is 2.32. The van der Waals surface area contributed by atoms with Crippen LogP contribution in [-0.4, -0.2) is 0 Å². The van der Waals surface area contributed by atoms with Crippen LogP contribution >= 0.6 is 0 Å². The lowest BCUT2D eigenvalue weighted by atomic mass is 9.88. The molecule has 0 heterocycles. The van der Waals surface area contributed by atoms with Crippen molar-refractivity contribution >= 4 is 0 Å². The highest BCUT2D eigenvalue weighted by atomic mass is 14.4. The molecule has 3 aromatic rings. The van der Waals surface area contributed by atoms with Crippen LogP contribution in [0.2, 0.25) is 0 Å². The van der Waals surface area contributed by atoms with Gasteiger partial charge in [-0.2, -0.15) is 0 Å². The van der Waals surface area contributed by atoms with Crippen LogP contribution < -0.4 is 0 Å². The third kappa shape index (κ3) is 1.42. The summed E-state index contributed by atoms with van der Waals surface area (Å²) in [5.74, 6) is 0.548. The van der Waals surface area contributed by atoms with E-state index in [4.69, 9.17) is 0 Å². The summed E-state index contributed by atoms with van der Waals surface area (Å²) in [5.41, 5.74) is 12.0. The second-order valence-electron chi connectivity index (χ2n) is 6.44. The van der Waals surface area contributed by atoms with Gasteiger partial charge in [0.2, 0.25) is 0 Å². The Labute approximate surface area is 131 Å². The third-order valence-corrected chi connectivity index (χ3v) is 5.38. The zero-order chi connectivity index (χ0) is 14.7. The average molecular weight is 282 g/mol. The van der Waals surface area contributed by atoms with Gasteiger partial charge < -0.3 is 0 Å². The molecule has 0 spiro atoms. The van der Waals surface area contributed by atoms with Crippen LogP contribution in [0.1, 0.15) is 41.5 Å². The molecule has 3 aromatic carbocycles. The minimum absolute atomic E-state index is 0.548. The molecule has 22 heavy (non-hydrogen) atoms. The van der Waals surface area contributed by atoms with Gasteiger partial charge in [-0.05, 0) is 57.3 Å². The van der Waals surface area contributed by atoms with Gasteiger partial charge in [0.25, 0.3) is 0 Å². The van der Waals surface area contributed by atoms with Gasteiger partial charge in [-0.1, -0.05) is 67.6 Å². The number of benzene rings is 3. The molecule has 0 nitrogen and oxygen atoms in total. The van der Waals surface area contributed by atoms with E-state index in [0.29, 0.717) is 5.92 Å². The van der Waals surface area contributed by atoms with Gasteiger partial charge in [-0.15, -0.1) is 0 Å². The van der Waals surface area contributed by atoms with E-state index < -0.39 is 0 Å². The maximum Gasteiger partial charge on any atom is 0.0105 e. The zero-order valence-corrected chi connectivity index (χ0v) is 12.8. The van der Waals surface area contributed by atoms with Crippen molar-refractivity contribution in [1.82, 2.24) is 0 Å². The molecule has 1 unspecified atom stereocenters. The van der Waals surface area contributed by atoms with E-state index in [9.17, 15) is 0 Å². The molecule has 2 aliphatic carbocycles. The number of fused-ring (bicyclic) bond motifs is 7. The lowest BCUT2D eigenvalue weighted by molar-refractivity contribution is 0.798. The monoisotopic (exact) mass is 282 g/mol. The summed E-state index contributed by atoms with van der Waals surface area (Å²) in [7, 11) is 0. The number of hydrogen-bond acceptors (Lipinski definition) is 0. The van der Waals surface area contributed by atoms with Crippen LogP contribution in [0.25, 0.3) is 22.3 Å². The molecule has 2 aliphatic rings. The predicted molar refractivity (Wildman–Crippen MR) is 92.3 cm³/mol. The molecule has 0 heteroatoms. The van der Waals surface area contributed by atoms with Gasteiger partial charge in [0.05, 0.1) is 0 Å². The lowest BCUT2D eigenvalue weighted by Crippen LogP contribution is -1.97. The summed E-state index contributed by atoms with van der Waals surface area (Å²) in [6, 6.07) is 22.6. The van der Waals surface area contributed by atoms with Gasteiger partial charge in [-0.25, -0.2) is 0 Å². The van der Waals surface area contributed by atoms with E-state index in [-0.39, 0.29) is 0 Å². The SMILES string of the molecule is CCC1c2ccccc2-c2ccc3c(c21)-c1ccccc1C3. The van der Waals surface area contributed by atoms with E-state index in [1.165, 1.54) is 45.4 Å². The fourth-order valence-electron chi connectivity index (χ4n) is 4.48. The van der Waals surface area contributed by atoms with Crippen molar-refractivity contribution in [1.29, 1.82) is 0 Å². The van der Waals surface area contributed by atoms with Crippen LogP contribution in [0.3, 0.4) is 0 Å². The molecule has 0 N–H and O–H groups in total.